The number of hydrogen-bond acceptors (Lipinski definition) is 3. The van der Waals surface area contributed by atoms with Crippen LogP contribution in [0, 0.1) is 6.92 Å². The highest BCUT2D eigenvalue weighted by molar-refractivity contribution is 6.34. The van der Waals surface area contributed by atoms with Crippen LogP contribution in [0.1, 0.15) is 21.5 Å². The van der Waals surface area contributed by atoms with Crippen molar-refractivity contribution in [2.75, 3.05) is 5.32 Å². The van der Waals surface area contributed by atoms with E-state index in [0.29, 0.717) is 17.0 Å². The average molecular weight is 431 g/mol. The third kappa shape index (κ3) is 3.86. The van der Waals surface area contributed by atoms with Crippen LogP contribution in [0.15, 0.2) is 61.1 Å². The second-order valence-electron chi connectivity index (χ2n) is 6.66. The number of nitrogens with zero attached hydrogens (tertiary/aromatic N) is 3. The third-order valence-electron chi connectivity index (χ3n) is 4.43. The van der Waals surface area contributed by atoms with Gasteiger partial charge in [0.2, 0.25) is 5.78 Å². The molecule has 0 saturated heterocycles. The van der Waals surface area contributed by atoms with Crippen LogP contribution in [0.25, 0.3) is 17.0 Å². The van der Waals surface area contributed by atoms with E-state index in [1.54, 1.807) is 35.0 Å². The first-order chi connectivity index (χ1) is 14.2. The molecule has 0 atom stereocenters. The molecule has 1 N–H and O–H groups in total. The Morgan fingerprint density at radius 1 is 1.13 bits per heavy atom. The zero-order valence-corrected chi connectivity index (χ0v) is 16.3. The summed E-state index contributed by atoms with van der Waals surface area (Å²) in [7, 11) is 0. The van der Waals surface area contributed by atoms with E-state index in [9.17, 15) is 18.0 Å². The van der Waals surface area contributed by atoms with Gasteiger partial charge in [-0.3, -0.25) is 9.20 Å². The van der Waals surface area contributed by atoms with E-state index in [4.69, 9.17) is 11.6 Å². The molecule has 1 amide bonds. The van der Waals surface area contributed by atoms with Crippen LogP contribution in [0.3, 0.4) is 0 Å². The van der Waals surface area contributed by atoms with Crippen molar-refractivity contribution >= 4 is 29.0 Å². The standard InChI is InChI=1S/C21H14ClF3N4O/c1-12-9-26-20-28-18(11-29(20)10-12)13-6-7-16(22)17(8-13)27-19(30)14-4-2-3-5-15(14)21(23,24)25/h2-11H,1H3,(H,27,30). The Morgan fingerprint density at radius 3 is 2.67 bits per heavy atom. The molecule has 0 radical (unpaired) electrons. The molecule has 0 unspecified atom stereocenters. The molecule has 5 nitrogen and oxygen atoms in total. The van der Waals surface area contributed by atoms with E-state index in [2.05, 4.69) is 15.3 Å². The number of hydrogen-bond donors (Lipinski definition) is 1. The molecule has 0 fully saturated rings. The quantitative estimate of drug-likeness (QED) is 0.458. The van der Waals surface area contributed by atoms with Crippen molar-refractivity contribution in [3.8, 4) is 11.3 Å². The number of amides is 1. The first-order valence-corrected chi connectivity index (χ1v) is 9.19. The van der Waals surface area contributed by atoms with Gasteiger partial charge >= 0.3 is 6.18 Å². The van der Waals surface area contributed by atoms with Gasteiger partial charge in [0.25, 0.3) is 5.91 Å². The van der Waals surface area contributed by atoms with Crippen molar-refractivity contribution < 1.29 is 18.0 Å². The first-order valence-electron chi connectivity index (χ1n) is 8.81. The molecule has 9 heteroatoms. The molecule has 2 aromatic carbocycles. The number of fused-ring (bicyclic) bond motifs is 1. The zero-order chi connectivity index (χ0) is 21.5. The normalized spacial score (nSPS) is 11.6. The lowest BCUT2D eigenvalue weighted by Crippen LogP contribution is -2.18. The van der Waals surface area contributed by atoms with Gasteiger partial charge in [-0.25, -0.2) is 9.97 Å². The Balaban J connectivity index is 1.68. The number of nitrogens with one attached hydrogen (secondary N) is 1. The molecule has 0 aliphatic carbocycles. The maximum absolute atomic E-state index is 13.2. The number of aromatic nitrogens is 3. The smallest absolute Gasteiger partial charge is 0.321 e. The SMILES string of the molecule is Cc1cnc2nc(-c3ccc(Cl)c(NC(=O)c4ccccc4C(F)(F)F)c3)cn2c1. The summed E-state index contributed by atoms with van der Waals surface area (Å²) in [5.41, 5.74) is 0.838. The summed E-state index contributed by atoms with van der Waals surface area (Å²) in [6.07, 6.45) is 0.674. The number of alkyl halides is 3. The second kappa shape index (κ2) is 7.46. The van der Waals surface area contributed by atoms with E-state index in [-0.39, 0.29) is 10.7 Å². The molecule has 2 heterocycles. The molecule has 0 aliphatic heterocycles. The Morgan fingerprint density at radius 2 is 1.90 bits per heavy atom. The first kappa shape index (κ1) is 19.9. The van der Waals surface area contributed by atoms with Crippen molar-refractivity contribution in [1.29, 1.82) is 0 Å². The number of halogens is 4. The zero-order valence-electron chi connectivity index (χ0n) is 15.5. The lowest BCUT2D eigenvalue weighted by molar-refractivity contribution is -0.137. The fraction of sp³-hybridized carbons (Fsp3) is 0.0952. The van der Waals surface area contributed by atoms with Crippen molar-refractivity contribution in [1.82, 2.24) is 14.4 Å². The third-order valence-corrected chi connectivity index (χ3v) is 4.76. The lowest BCUT2D eigenvalue weighted by Gasteiger charge is -2.13. The van der Waals surface area contributed by atoms with Crippen LogP contribution in [-0.2, 0) is 6.18 Å². The highest BCUT2D eigenvalue weighted by Gasteiger charge is 2.34. The highest BCUT2D eigenvalue weighted by Crippen LogP contribution is 2.33. The summed E-state index contributed by atoms with van der Waals surface area (Å²) in [4.78, 5) is 21.2. The Kier molecular flexibility index (Phi) is 4.95. The minimum Gasteiger partial charge on any atom is -0.321 e. The fourth-order valence-corrected chi connectivity index (χ4v) is 3.19. The molecule has 0 spiro atoms. The number of carbonyl (C=O) groups is 1. The number of benzene rings is 2. The Hall–Kier alpha value is -3.39. The second-order valence-corrected chi connectivity index (χ2v) is 7.06. The van der Waals surface area contributed by atoms with E-state index >= 15 is 0 Å². The van der Waals surface area contributed by atoms with E-state index in [1.807, 2.05) is 13.1 Å². The van der Waals surface area contributed by atoms with Gasteiger partial charge in [0, 0.05) is 24.2 Å². The lowest BCUT2D eigenvalue weighted by atomic mass is 10.1. The maximum atomic E-state index is 13.2. The van der Waals surface area contributed by atoms with Crippen LogP contribution in [0.2, 0.25) is 5.02 Å². The van der Waals surface area contributed by atoms with Crippen molar-refractivity contribution in [3.05, 3.63) is 82.8 Å². The number of anilines is 1. The van der Waals surface area contributed by atoms with Crippen LogP contribution in [-0.4, -0.2) is 20.3 Å². The summed E-state index contributed by atoms with van der Waals surface area (Å²) in [5.74, 6) is -0.412. The predicted octanol–water partition coefficient (Wildman–Crippen LogP) is 5.63. The summed E-state index contributed by atoms with van der Waals surface area (Å²) in [6.45, 7) is 1.90. The molecule has 0 aliphatic rings. The van der Waals surface area contributed by atoms with Crippen molar-refractivity contribution in [3.63, 3.8) is 0 Å². The molecular formula is C21H14ClF3N4O. The van der Waals surface area contributed by atoms with Gasteiger partial charge < -0.3 is 5.32 Å². The van der Waals surface area contributed by atoms with Crippen LogP contribution in [0.4, 0.5) is 18.9 Å². The van der Waals surface area contributed by atoms with Gasteiger partial charge in [-0.1, -0.05) is 29.8 Å². The molecular weight excluding hydrogens is 417 g/mol. The minimum absolute atomic E-state index is 0.178. The summed E-state index contributed by atoms with van der Waals surface area (Å²) in [5, 5.41) is 2.66. The highest BCUT2D eigenvalue weighted by atomic mass is 35.5. The summed E-state index contributed by atoms with van der Waals surface area (Å²) in [6, 6.07) is 9.39. The van der Waals surface area contributed by atoms with Crippen LogP contribution >= 0.6 is 11.6 Å². The number of carbonyl (C=O) groups excluding carboxylic acids is 1. The monoisotopic (exact) mass is 430 g/mol. The Labute approximate surface area is 174 Å². The van der Waals surface area contributed by atoms with E-state index in [0.717, 1.165) is 17.7 Å². The molecule has 4 rings (SSSR count). The summed E-state index contributed by atoms with van der Waals surface area (Å²) < 4.78 is 41.4. The van der Waals surface area contributed by atoms with E-state index in [1.165, 1.54) is 12.1 Å². The van der Waals surface area contributed by atoms with Gasteiger partial charge in [-0.15, -0.1) is 0 Å². The topological polar surface area (TPSA) is 59.3 Å². The van der Waals surface area contributed by atoms with Gasteiger partial charge in [-0.2, -0.15) is 13.2 Å². The van der Waals surface area contributed by atoms with Gasteiger partial charge in [0.1, 0.15) is 0 Å². The molecule has 0 saturated carbocycles. The number of rotatable bonds is 3. The number of imidazole rings is 1. The molecule has 152 valence electrons. The predicted molar refractivity (Wildman–Crippen MR) is 108 cm³/mol. The molecule has 2 aromatic heterocycles. The van der Waals surface area contributed by atoms with Crippen molar-refractivity contribution in [2.24, 2.45) is 0 Å². The maximum Gasteiger partial charge on any atom is 0.417 e. The molecule has 4 aromatic rings. The largest absolute Gasteiger partial charge is 0.417 e. The summed E-state index contributed by atoms with van der Waals surface area (Å²) >= 11 is 6.17. The van der Waals surface area contributed by atoms with Crippen LogP contribution in [0.5, 0.6) is 0 Å². The average Bonchev–Trinajstić information content (AvgIpc) is 3.12. The Bertz CT molecular complexity index is 1270. The minimum atomic E-state index is -4.65. The fourth-order valence-electron chi connectivity index (χ4n) is 3.02. The van der Waals surface area contributed by atoms with Crippen LogP contribution < -0.4 is 5.32 Å². The van der Waals surface area contributed by atoms with Gasteiger partial charge in [0.05, 0.1) is 27.5 Å². The molecule has 0 bridgehead atoms. The van der Waals surface area contributed by atoms with Crippen molar-refractivity contribution in [2.45, 2.75) is 13.1 Å². The van der Waals surface area contributed by atoms with E-state index < -0.39 is 23.2 Å². The van der Waals surface area contributed by atoms with Gasteiger partial charge in [0.15, 0.2) is 0 Å². The molecule has 30 heavy (non-hydrogen) atoms. The number of aryl methyl sites for hydroxylation is 1. The van der Waals surface area contributed by atoms with Gasteiger partial charge in [-0.05, 0) is 36.8 Å².